The van der Waals surface area contributed by atoms with Crippen molar-refractivity contribution < 1.29 is 18.3 Å². The van der Waals surface area contributed by atoms with Crippen LogP contribution in [0.25, 0.3) is 0 Å². The van der Waals surface area contributed by atoms with E-state index in [-0.39, 0.29) is 22.8 Å². The molecule has 2 atom stereocenters. The molecule has 5 nitrogen and oxygen atoms in total. The van der Waals surface area contributed by atoms with E-state index in [9.17, 15) is 8.42 Å². The van der Waals surface area contributed by atoms with Crippen LogP contribution in [-0.4, -0.2) is 32.3 Å². The molecule has 0 aliphatic carbocycles. The van der Waals surface area contributed by atoms with Crippen molar-refractivity contribution in [2.75, 3.05) is 6.61 Å². The van der Waals surface area contributed by atoms with Gasteiger partial charge in [-0.05, 0) is 44.0 Å². The second-order valence-corrected chi connectivity index (χ2v) is 6.17. The molecule has 0 amide bonds. The molecule has 2 rings (SSSR count). The van der Waals surface area contributed by atoms with Crippen molar-refractivity contribution in [3.63, 3.8) is 0 Å². The number of hydrogen-bond acceptors (Lipinski definition) is 4. The van der Waals surface area contributed by atoms with Crippen molar-refractivity contribution in [1.82, 2.24) is 4.72 Å². The summed E-state index contributed by atoms with van der Waals surface area (Å²) in [4.78, 5) is 0.144. The molecule has 1 aromatic carbocycles. The summed E-state index contributed by atoms with van der Waals surface area (Å²) < 4.78 is 32.2. The summed E-state index contributed by atoms with van der Waals surface area (Å²) in [6, 6.07) is 5.20. The topological polar surface area (TPSA) is 75.6 Å². The number of sulfonamides is 1. The van der Waals surface area contributed by atoms with E-state index in [1.807, 2.05) is 0 Å². The Bertz CT molecular complexity index is 491. The second-order valence-electron chi connectivity index (χ2n) is 4.46. The van der Waals surface area contributed by atoms with Gasteiger partial charge < -0.3 is 9.84 Å². The smallest absolute Gasteiger partial charge is 0.240 e. The molecule has 0 spiro atoms. The normalized spacial score (nSPS) is 21.9. The maximum Gasteiger partial charge on any atom is 0.240 e. The first kappa shape index (κ1) is 13.3. The van der Waals surface area contributed by atoms with E-state index in [2.05, 4.69) is 4.72 Å². The highest BCUT2D eigenvalue weighted by molar-refractivity contribution is 7.89. The van der Waals surface area contributed by atoms with Crippen molar-refractivity contribution in [2.45, 2.75) is 36.8 Å². The molecule has 1 saturated heterocycles. The molecule has 0 saturated carbocycles. The summed E-state index contributed by atoms with van der Waals surface area (Å²) in [6.45, 7) is 2.49. The van der Waals surface area contributed by atoms with Crippen LogP contribution in [0, 0.1) is 0 Å². The molecular formula is C12H17NO4S. The number of aromatic hydroxyl groups is 1. The number of ether oxygens (including phenoxy) is 1. The first-order valence-corrected chi connectivity index (χ1v) is 7.40. The van der Waals surface area contributed by atoms with E-state index in [4.69, 9.17) is 9.84 Å². The molecule has 0 aromatic heterocycles. The lowest BCUT2D eigenvalue weighted by Gasteiger charge is -2.19. The van der Waals surface area contributed by atoms with Gasteiger partial charge >= 0.3 is 0 Å². The fourth-order valence-corrected chi connectivity index (χ4v) is 3.28. The van der Waals surface area contributed by atoms with Crippen molar-refractivity contribution >= 4 is 10.0 Å². The van der Waals surface area contributed by atoms with Gasteiger partial charge in [0.05, 0.1) is 11.0 Å². The monoisotopic (exact) mass is 271 g/mol. The van der Waals surface area contributed by atoms with Crippen molar-refractivity contribution in [3.8, 4) is 5.75 Å². The highest BCUT2D eigenvalue weighted by Crippen LogP contribution is 2.19. The van der Waals surface area contributed by atoms with Crippen LogP contribution in [0.15, 0.2) is 29.2 Å². The van der Waals surface area contributed by atoms with Crippen LogP contribution >= 0.6 is 0 Å². The maximum atomic E-state index is 12.1. The van der Waals surface area contributed by atoms with Gasteiger partial charge in [0.15, 0.2) is 0 Å². The maximum absolute atomic E-state index is 12.1. The van der Waals surface area contributed by atoms with Crippen molar-refractivity contribution in [1.29, 1.82) is 0 Å². The Kier molecular flexibility index (Phi) is 3.89. The van der Waals surface area contributed by atoms with Gasteiger partial charge in [0.2, 0.25) is 10.0 Å². The number of benzene rings is 1. The summed E-state index contributed by atoms with van der Waals surface area (Å²) in [6.07, 6.45) is 1.78. The number of hydrogen-bond donors (Lipinski definition) is 2. The van der Waals surface area contributed by atoms with Gasteiger partial charge in [-0.15, -0.1) is 0 Å². The van der Waals surface area contributed by atoms with Crippen LogP contribution in [0.4, 0.5) is 0 Å². The number of nitrogens with one attached hydrogen (secondary N) is 1. The Balaban J connectivity index is 2.09. The average molecular weight is 271 g/mol. The van der Waals surface area contributed by atoms with Crippen molar-refractivity contribution in [2.24, 2.45) is 0 Å². The van der Waals surface area contributed by atoms with Gasteiger partial charge in [-0.1, -0.05) is 0 Å². The van der Waals surface area contributed by atoms with E-state index >= 15 is 0 Å². The summed E-state index contributed by atoms with van der Waals surface area (Å²) >= 11 is 0. The third kappa shape index (κ3) is 3.01. The van der Waals surface area contributed by atoms with Gasteiger partial charge in [0.1, 0.15) is 5.75 Å². The lowest BCUT2D eigenvalue weighted by Crippen LogP contribution is -2.40. The Morgan fingerprint density at radius 1 is 1.39 bits per heavy atom. The standard InChI is InChI=1S/C12H17NO4S/c1-9(12-3-2-8-17-12)13-18(15,16)11-6-4-10(14)5-7-11/h4-7,9,12-14H,2-3,8H2,1H3. The summed E-state index contributed by atoms with van der Waals surface area (Å²) in [5.74, 6) is 0.0427. The molecule has 0 radical (unpaired) electrons. The SMILES string of the molecule is CC(NS(=O)(=O)c1ccc(O)cc1)C1CCCO1. The van der Waals surface area contributed by atoms with Crippen LogP contribution in [0.1, 0.15) is 19.8 Å². The molecule has 18 heavy (non-hydrogen) atoms. The number of phenolic OH excluding ortho intramolecular Hbond substituents is 1. The molecule has 2 unspecified atom stereocenters. The first-order chi connectivity index (χ1) is 8.49. The summed E-state index contributed by atoms with van der Waals surface area (Å²) in [5, 5.41) is 9.14. The van der Waals surface area contributed by atoms with Crippen LogP contribution < -0.4 is 4.72 Å². The number of rotatable bonds is 4. The van der Waals surface area contributed by atoms with Crippen LogP contribution in [-0.2, 0) is 14.8 Å². The third-order valence-corrected chi connectivity index (χ3v) is 4.59. The summed E-state index contributed by atoms with van der Waals surface area (Å²) in [5.41, 5.74) is 0. The predicted octanol–water partition coefficient (Wildman–Crippen LogP) is 1.24. The highest BCUT2D eigenvalue weighted by atomic mass is 32.2. The molecule has 2 N–H and O–H groups in total. The zero-order valence-electron chi connectivity index (χ0n) is 10.2. The summed E-state index contributed by atoms with van der Waals surface area (Å²) in [7, 11) is -3.55. The van der Waals surface area contributed by atoms with Gasteiger partial charge in [0.25, 0.3) is 0 Å². The van der Waals surface area contributed by atoms with E-state index in [0.29, 0.717) is 6.61 Å². The molecule has 100 valence electrons. The van der Waals surface area contributed by atoms with Gasteiger partial charge in [-0.2, -0.15) is 0 Å². The fourth-order valence-electron chi connectivity index (χ4n) is 2.01. The Hall–Kier alpha value is -1.11. The molecule has 6 heteroatoms. The Morgan fingerprint density at radius 2 is 2.06 bits per heavy atom. The Morgan fingerprint density at radius 3 is 2.61 bits per heavy atom. The molecule has 0 bridgehead atoms. The zero-order chi connectivity index (χ0) is 13.2. The van der Waals surface area contributed by atoms with Crippen LogP contribution in [0.2, 0.25) is 0 Å². The van der Waals surface area contributed by atoms with Crippen LogP contribution in [0.5, 0.6) is 5.75 Å². The average Bonchev–Trinajstić information content (AvgIpc) is 2.82. The molecule has 1 aliphatic rings. The third-order valence-electron chi connectivity index (χ3n) is 3.01. The van der Waals surface area contributed by atoms with Gasteiger partial charge in [0, 0.05) is 12.6 Å². The van der Waals surface area contributed by atoms with Crippen LogP contribution in [0.3, 0.4) is 0 Å². The largest absolute Gasteiger partial charge is 0.508 e. The van der Waals surface area contributed by atoms with E-state index in [1.54, 1.807) is 6.92 Å². The zero-order valence-corrected chi connectivity index (χ0v) is 11.0. The Labute approximate surface area is 107 Å². The molecular weight excluding hydrogens is 254 g/mol. The van der Waals surface area contributed by atoms with Gasteiger partial charge in [-0.25, -0.2) is 13.1 Å². The quantitative estimate of drug-likeness (QED) is 0.864. The molecule has 1 aromatic rings. The molecule has 1 aliphatic heterocycles. The highest BCUT2D eigenvalue weighted by Gasteiger charge is 2.26. The van der Waals surface area contributed by atoms with E-state index < -0.39 is 10.0 Å². The van der Waals surface area contributed by atoms with E-state index in [1.165, 1.54) is 24.3 Å². The van der Waals surface area contributed by atoms with E-state index in [0.717, 1.165) is 12.8 Å². The number of phenols is 1. The second kappa shape index (κ2) is 5.26. The minimum atomic E-state index is -3.55. The molecule has 1 heterocycles. The fraction of sp³-hybridized carbons (Fsp3) is 0.500. The first-order valence-electron chi connectivity index (χ1n) is 5.92. The minimum absolute atomic E-state index is 0.0427. The lowest BCUT2D eigenvalue weighted by atomic mass is 10.1. The molecule has 1 fully saturated rings. The van der Waals surface area contributed by atoms with Crippen molar-refractivity contribution in [3.05, 3.63) is 24.3 Å². The lowest BCUT2D eigenvalue weighted by molar-refractivity contribution is 0.0902. The predicted molar refractivity (Wildman–Crippen MR) is 66.9 cm³/mol. The minimum Gasteiger partial charge on any atom is -0.508 e. The van der Waals surface area contributed by atoms with Gasteiger partial charge in [-0.3, -0.25) is 0 Å².